The second-order valence-electron chi connectivity index (χ2n) is 8.13. The summed E-state index contributed by atoms with van der Waals surface area (Å²) in [5, 5.41) is 7.62. The van der Waals surface area contributed by atoms with Crippen molar-refractivity contribution >= 4 is 23.2 Å². The van der Waals surface area contributed by atoms with Crippen LogP contribution in [-0.4, -0.2) is 48.3 Å². The molecule has 3 aromatic rings. The van der Waals surface area contributed by atoms with Gasteiger partial charge in [0.05, 0.1) is 37.4 Å². The molecule has 33 heavy (non-hydrogen) atoms. The third kappa shape index (κ3) is 5.46. The predicted molar refractivity (Wildman–Crippen MR) is 126 cm³/mol. The van der Waals surface area contributed by atoms with Gasteiger partial charge in [-0.15, -0.1) is 0 Å². The molecule has 8 nitrogen and oxygen atoms in total. The van der Waals surface area contributed by atoms with Crippen molar-refractivity contribution in [2.75, 3.05) is 32.6 Å². The summed E-state index contributed by atoms with van der Waals surface area (Å²) in [6, 6.07) is 11.1. The lowest BCUT2D eigenvalue weighted by molar-refractivity contribution is -0.121. The minimum Gasteiger partial charge on any atom is -0.493 e. The zero-order valence-electron chi connectivity index (χ0n) is 18.9. The lowest BCUT2D eigenvalue weighted by atomic mass is 9.97. The van der Waals surface area contributed by atoms with E-state index in [0.29, 0.717) is 47.0 Å². The fraction of sp³-hybridized carbons (Fsp3) is 0.375. The van der Waals surface area contributed by atoms with Gasteiger partial charge in [0.1, 0.15) is 0 Å². The van der Waals surface area contributed by atoms with Gasteiger partial charge in [-0.2, -0.15) is 4.98 Å². The number of carbonyl (C=O) groups is 1. The van der Waals surface area contributed by atoms with E-state index in [4.69, 9.17) is 25.6 Å². The topological polar surface area (TPSA) is 89.7 Å². The number of rotatable bonds is 7. The van der Waals surface area contributed by atoms with Gasteiger partial charge in [-0.1, -0.05) is 22.8 Å². The second kappa shape index (κ2) is 10.2. The standard InChI is InChI=1S/C24H27ClN4O4/c1-15-6-8-19(18(25)11-15)26-24(30)17-5-4-10-29(13-17)14-22-27-23(28-33-22)16-7-9-20(31-2)21(12-16)32-3/h6-9,11-12,17H,4-5,10,13-14H2,1-3H3,(H,26,30)/t17-/m0/s1. The van der Waals surface area contributed by atoms with E-state index in [1.807, 2.05) is 37.3 Å². The Morgan fingerprint density at radius 3 is 2.79 bits per heavy atom. The highest BCUT2D eigenvalue weighted by Crippen LogP contribution is 2.31. The molecule has 0 spiro atoms. The number of nitrogens with one attached hydrogen (secondary N) is 1. The lowest BCUT2D eigenvalue weighted by Gasteiger charge is -2.30. The number of ether oxygens (including phenoxy) is 2. The van der Waals surface area contributed by atoms with Crippen molar-refractivity contribution in [2.45, 2.75) is 26.3 Å². The van der Waals surface area contributed by atoms with Crippen LogP contribution < -0.4 is 14.8 Å². The highest BCUT2D eigenvalue weighted by atomic mass is 35.5. The molecule has 4 rings (SSSR count). The first kappa shape index (κ1) is 23.1. The number of hydrogen-bond donors (Lipinski definition) is 1. The molecule has 1 aliphatic rings. The maximum Gasteiger partial charge on any atom is 0.241 e. The molecule has 1 fully saturated rings. The Morgan fingerprint density at radius 2 is 2.03 bits per heavy atom. The monoisotopic (exact) mass is 470 g/mol. The van der Waals surface area contributed by atoms with Gasteiger partial charge in [0.15, 0.2) is 11.5 Å². The fourth-order valence-corrected chi connectivity index (χ4v) is 4.25. The van der Waals surface area contributed by atoms with Gasteiger partial charge in [-0.25, -0.2) is 0 Å². The number of likely N-dealkylation sites (tertiary alicyclic amines) is 1. The Morgan fingerprint density at radius 1 is 1.21 bits per heavy atom. The van der Waals surface area contributed by atoms with Crippen LogP contribution in [0, 0.1) is 12.8 Å². The van der Waals surface area contributed by atoms with Crippen molar-refractivity contribution in [1.82, 2.24) is 15.0 Å². The van der Waals surface area contributed by atoms with Crippen LogP contribution in [0.15, 0.2) is 40.9 Å². The molecule has 1 amide bonds. The van der Waals surface area contributed by atoms with Gasteiger partial charge < -0.3 is 19.3 Å². The Balaban J connectivity index is 1.39. The summed E-state index contributed by atoms with van der Waals surface area (Å²) in [7, 11) is 3.17. The molecule has 2 aromatic carbocycles. The van der Waals surface area contributed by atoms with Crippen LogP contribution in [0.1, 0.15) is 24.3 Å². The van der Waals surface area contributed by atoms with E-state index in [1.54, 1.807) is 20.3 Å². The van der Waals surface area contributed by atoms with Crippen LogP contribution in [0.5, 0.6) is 11.5 Å². The number of piperidine rings is 1. The lowest BCUT2D eigenvalue weighted by Crippen LogP contribution is -2.40. The number of anilines is 1. The molecule has 9 heteroatoms. The average molecular weight is 471 g/mol. The number of aromatic nitrogens is 2. The van der Waals surface area contributed by atoms with Crippen LogP contribution in [0.2, 0.25) is 5.02 Å². The van der Waals surface area contributed by atoms with Gasteiger partial charge in [-0.3, -0.25) is 9.69 Å². The van der Waals surface area contributed by atoms with Crippen LogP contribution >= 0.6 is 11.6 Å². The summed E-state index contributed by atoms with van der Waals surface area (Å²) in [5.41, 5.74) is 2.46. The number of halogens is 1. The van der Waals surface area contributed by atoms with E-state index in [2.05, 4.69) is 20.4 Å². The Hall–Kier alpha value is -3.10. The number of amides is 1. The molecule has 0 unspecified atom stereocenters. The van der Waals surface area contributed by atoms with E-state index in [1.165, 1.54) is 0 Å². The molecule has 0 saturated carbocycles. The summed E-state index contributed by atoms with van der Waals surface area (Å²) < 4.78 is 16.1. The Labute approximate surface area is 197 Å². The zero-order chi connectivity index (χ0) is 23.4. The first-order valence-electron chi connectivity index (χ1n) is 10.8. The zero-order valence-corrected chi connectivity index (χ0v) is 19.7. The number of carbonyl (C=O) groups excluding carboxylic acids is 1. The maximum atomic E-state index is 12.8. The largest absolute Gasteiger partial charge is 0.493 e. The number of benzene rings is 2. The van der Waals surface area contributed by atoms with Gasteiger partial charge >= 0.3 is 0 Å². The van der Waals surface area contributed by atoms with E-state index in [-0.39, 0.29) is 11.8 Å². The molecule has 0 aliphatic carbocycles. The van der Waals surface area contributed by atoms with E-state index < -0.39 is 0 Å². The van der Waals surface area contributed by atoms with Crippen LogP contribution in [0.3, 0.4) is 0 Å². The summed E-state index contributed by atoms with van der Waals surface area (Å²) in [5.74, 6) is 2.05. The normalized spacial score (nSPS) is 16.4. The summed E-state index contributed by atoms with van der Waals surface area (Å²) in [6.45, 7) is 3.92. The molecule has 0 radical (unpaired) electrons. The van der Waals surface area contributed by atoms with Crippen molar-refractivity contribution in [1.29, 1.82) is 0 Å². The molecule has 1 atom stereocenters. The SMILES string of the molecule is COc1ccc(-c2noc(CN3CCC[C@H](C(=O)Nc4ccc(C)cc4Cl)C3)n2)cc1OC. The number of hydrogen-bond acceptors (Lipinski definition) is 7. The minimum absolute atomic E-state index is 0.0259. The van der Waals surface area contributed by atoms with E-state index in [0.717, 1.165) is 30.5 Å². The first-order valence-corrected chi connectivity index (χ1v) is 11.2. The molecular formula is C24H27ClN4O4. The van der Waals surface area contributed by atoms with E-state index >= 15 is 0 Å². The summed E-state index contributed by atoms with van der Waals surface area (Å²) in [4.78, 5) is 19.5. The van der Waals surface area contributed by atoms with Gasteiger partial charge in [0.25, 0.3) is 0 Å². The third-order valence-electron chi connectivity index (χ3n) is 5.73. The van der Waals surface area contributed by atoms with Crippen molar-refractivity contribution < 1.29 is 18.8 Å². The summed E-state index contributed by atoms with van der Waals surface area (Å²) >= 11 is 6.27. The smallest absolute Gasteiger partial charge is 0.241 e. The van der Waals surface area contributed by atoms with E-state index in [9.17, 15) is 4.79 Å². The Bertz CT molecular complexity index is 1130. The third-order valence-corrected chi connectivity index (χ3v) is 6.04. The summed E-state index contributed by atoms with van der Waals surface area (Å²) in [6.07, 6.45) is 1.74. The highest BCUT2D eigenvalue weighted by molar-refractivity contribution is 6.33. The molecule has 1 aromatic heterocycles. The molecule has 0 bridgehead atoms. The highest BCUT2D eigenvalue weighted by Gasteiger charge is 2.27. The van der Waals surface area contributed by atoms with Crippen molar-refractivity contribution in [3.8, 4) is 22.9 Å². The van der Waals surface area contributed by atoms with Crippen LogP contribution in [0.4, 0.5) is 5.69 Å². The second-order valence-corrected chi connectivity index (χ2v) is 8.54. The van der Waals surface area contributed by atoms with Gasteiger partial charge in [0.2, 0.25) is 17.6 Å². The predicted octanol–water partition coefficient (Wildman–Crippen LogP) is 4.57. The number of aryl methyl sites for hydroxylation is 1. The average Bonchev–Trinajstić information content (AvgIpc) is 3.29. The van der Waals surface area contributed by atoms with Crippen molar-refractivity contribution in [3.05, 3.63) is 52.9 Å². The number of methoxy groups -OCH3 is 2. The van der Waals surface area contributed by atoms with Crippen molar-refractivity contribution in [3.63, 3.8) is 0 Å². The van der Waals surface area contributed by atoms with Crippen molar-refractivity contribution in [2.24, 2.45) is 5.92 Å². The Kier molecular flexibility index (Phi) is 7.15. The maximum absolute atomic E-state index is 12.8. The van der Waals surface area contributed by atoms with Crippen LogP contribution in [0.25, 0.3) is 11.4 Å². The molecule has 1 aliphatic heterocycles. The molecule has 174 valence electrons. The van der Waals surface area contributed by atoms with Gasteiger partial charge in [0, 0.05) is 12.1 Å². The first-order chi connectivity index (χ1) is 16.0. The van der Waals surface area contributed by atoms with Gasteiger partial charge in [-0.05, 0) is 62.2 Å². The number of nitrogens with zero attached hydrogens (tertiary/aromatic N) is 3. The van der Waals surface area contributed by atoms with Crippen LogP contribution in [-0.2, 0) is 11.3 Å². The molecule has 1 N–H and O–H groups in total. The minimum atomic E-state index is -0.135. The molecule has 1 saturated heterocycles. The fourth-order valence-electron chi connectivity index (χ4n) is 3.97. The quantitative estimate of drug-likeness (QED) is 0.541. The molecular weight excluding hydrogens is 444 g/mol. The molecule has 2 heterocycles.